The van der Waals surface area contributed by atoms with E-state index in [0.717, 1.165) is 42.8 Å². The predicted octanol–water partition coefficient (Wildman–Crippen LogP) is 3.22. The molecule has 0 unspecified atom stereocenters. The van der Waals surface area contributed by atoms with Gasteiger partial charge in [-0.15, -0.1) is 0 Å². The van der Waals surface area contributed by atoms with Gasteiger partial charge in [0.25, 0.3) is 0 Å². The molecule has 0 spiro atoms. The highest BCUT2D eigenvalue weighted by atomic mass is 16.5. The molecule has 0 saturated carbocycles. The molecular formula is C16H22N2O. The first-order chi connectivity index (χ1) is 9.24. The van der Waals surface area contributed by atoms with Gasteiger partial charge in [0.2, 0.25) is 0 Å². The molecule has 2 N–H and O–H groups in total. The molecule has 0 radical (unpaired) electrons. The third-order valence-corrected chi connectivity index (χ3v) is 3.24. The molecule has 0 bridgehead atoms. The number of benzene rings is 1. The molecule has 19 heavy (non-hydrogen) atoms. The summed E-state index contributed by atoms with van der Waals surface area (Å²) in [7, 11) is 0. The number of ether oxygens (including phenoxy) is 1. The zero-order valence-electron chi connectivity index (χ0n) is 11.8. The van der Waals surface area contributed by atoms with Gasteiger partial charge < -0.3 is 10.5 Å². The first-order valence-electron chi connectivity index (χ1n) is 6.97. The van der Waals surface area contributed by atoms with E-state index < -0.39 is 0 Å². The van der Waals surface area contributed by atoms with Crippen LogP contribution in [0.15, 0.2) is 24.3 Å². The maximum absolute atomic E-state index is 5.54. The van der Waals surface area contributed by atoms with Gasteiger partial charge in [0.05, 0.1) is 12.1 Å². The Kier molecular flexibility index (Phi) is 4.74. The first-order valence-corrected chi connectivity index (χ1v) is 6.97. The third kappa shape index (κ3) is 3.44. The SMILES string of the molecule is CCOc1ccc2nc(CCCCN)cc(C)c2c1. The number of hydrogen-bond acceptors (Lipinski definition) is 3. The molecule has 0 atom stereocenters. The number of unbranched alkanes of at least 4 members (excludes halogenated alkanes) is 1. The summed E-state index contributed by atoms with van der Waals surface area (Å²) in [6, 6.07) is 8.28. The van der Waals surface area contributed by atoms with E-state index in [1.54, 1.807) is 0 Å². The van der Waals surface area contributed by atoms with E-state index in [0.29, 0.717) is 6.61 Å². The zero-order chi connectivity index (χ0) is 13.7. The van der Waals surface area contributed by atoms with Gasteiger partial charge in [-0.25, -0.2) is 0 Å². The number of pyridine rings is 1. The van der Waals surface area contributed by atoms with E-state index in [-0.39, 0.29) is 0 Å². The molecule has 0 aliphatic carbocycles. The Morgan fingerprint density at radius 2 is 2.05 bits per heavy atom. The van der Waals surface area contributed by atoms with Gasteiger partial charge in [-0.1, -0.05) is 0 Å². The van der Waals surface area contributed by atoms with Gasteiger partial charge in [0.1, 0.15) is 5.75 Å². The second kappa shape index (κ2) is 6.53. The molecule has 3 nitrogen and oxygen atoms in total. The number of nitrogens with zero attached hydrogens (tertiary/aromatic N) is 1. The summed E-state index contributed by atoms with van der Waals surface area (Å²) in [6.45, 7) is 5.57. The van der Waals surface area contributed by atoms with Crippen molar-refractivity contribution >= 4 is 10.9 Å². The summed E-state index contributed by atoms with van der Waals surface area (Å²) in [5.41, 5.74) is 8.99. The van der Waals surface area contributed by atoms with Crippen molar-refractivity contribution in [2.75, 3.05) is 13.2 Å². The summed E-state index contributed by atoms with van der Waals surface area (Å²) < 4.78 is 5.54. The lowest BCUT2D eigenvalue weighted by molar-refractivity contribution is 0.340. The fraction of sp³-hybridized carbons (Fsp3) is 0.438. The topological polar surface area (TPSA) is 48.1 Å². The normalized spacial score (nSPS) is 10.9. The van der Waals surface area contributed by atoms with Crippen LogP contribution < -0.4 is 10.5 Å². The van der Waals surface area contributed by atoms with Crippen LogP contribution in [0.1, 0.15) is 31.0 Å². The zero-order valence-corrected chi connectivity index (χ0v) is 11.8. The second-order valence-electron chi connectivity index (χ2n) is 4.79. The molecule has 0 aliphatic rings. The van der Waals surface area contributed by atoms with Crippen LogP contribution in [-0.2, 0) is 6.42 Å². The van der Waals surface area contributed by atoms with E-state index in [4.69, 9.17) is 15.5 Å². The summed E-state index contributed by atoms with van der Waals surface area (Å²) >= 11 is 0. The Labute approximate surface area is 114 Å². The Morgan fingerprint density at radius 3 is 2.79 bits per heavy atom. The van der Waals surface area contributed by atoms with Crippen molar-refractivity contribution in [2.45, 2.75) is 33.1 Å². The Hall–Kier alpha value is -1.61. The van der Waals surface area contributed by atoms with Crippen molar-refractivity contribution in [3.63, 3.8) is 0 Å². The van der Waals surface area contributed by atoms with E-state index in [1.807, 2.05) is 19.1 Å². The number of nitrogens with two attached hydrogens (primary N) is 1. The number of rotatable bonds is 6. The molecule has 0 saturated heterocycles. The predicted molar refractivity (Wildman–Crippen MR) is 79.6 cm³/mol. The molecular weight excluding hydrogens is 236 g/mol. The van der Waals surface area contributed by atoms with Gasteiger partial charge >= 0.3 is 0 Å². The van der Waals surface area contributed by atoms with Crippen LogP contribution in [0.25, 0.3) is 10.9 Å². The molecule has 1 aromatic carbocycles. The minimum absolute atomic E-state index is 0.690. The minimum Gasteiger partial charge on any atom is -0.494 e. The first kappa shape index (κ1) is 13.8. The largest absolute Gasteiger partial charge is 0.494 e. The monoisotopic (exact) mass is 258 g/mol. The minimum atomic E-state index is 0.690. The molecule has 1 heterocycles. The standard InChI is InChI=1S/C16H22N2O/c1-3-19-14-7-8-16-15(11-14)12(2)10-13(18-16)6-4-5-9-17/h7-8,10-11H,3-6,9,17H2,1-2H3. The van der Waals surface area contributed by atoms with E-state index >= 15 is 0 Å². The Balaban J connectivity index is 2.28. The Bertz CT molecular complexity index is 552. The molecule has 0 amide bonds. The summed E-state index contributed by atoms with van der Waals surface area (Å²) in [5, 5.41) is 1.17. The highest BCUT2D eigenvalue weighted by molar-refractivity contribution is 5.83. The van der Waals surface area contributed by atoms with Crippen LogP contribution >= 0.6 is 0 Å². The van der Waals surface area contributed by atoms with Gasteiger partial charge in [0.15, 0.2) is 0 Å². The molecule has 0 aliphatic heterocycles. The van der Waals surface area contributed by atoms with Crippen LogP contribution in [0.4, 0.5) is 0 Å². The van der Waals surface area contributed by atoms with E-state index in [2.05, 4.69) is 19.1 Å². The summed E-state index contributed by atoms with van der Waals surface area (Å²) in [6.07, 6.45) is 3.16. The van der Waals surface area contributed by atoms with Crippen LogP contribution in [0, 0.1) is 6.92 Å². The highest BCUT2D eigenvalue weighted by Crippen LogP contribution is 2.23. The Morgan fingerprint density at radius 1 is 1.21 bits per heavy atom. The number of aryl methyl sites for hydroxylation is 2. The van der Waals surface area contributed by atoms with Gasteiger partial charge in [-0.05, 0) is 69.5 Å². The summed E-state index contributed by atoms with van der Waals surface area (Å²) in [4.78, 5) is 4.71. The molecule has 1 aromatic heterocycles. The quantitative estimate of drug-likeness (QED) is 0.809. The lowest BCUT2D eigenvalue weighted by Crippen LogP contribution is -2.00. The second-order valence-corrected chi connectivity index (χ2v) is 4.79. The summed E-state index contributed by atoms with van der Waals surface area (Å²) in [5.74, 6) is 0.913. The highest BCUT2D eigenvalue weighted by Gasteiger charge is 2.04. The lowest BCUT2D eigenvalue weighted by atomic mass is 10.1. The molecule has 2 rings (SSSR count). The van der Waals surface area contributed by atoms with Gasteiger partial charge in [0, 0.05) is 11.1 Å². The number of aromatic nitrogens is 1. The maximum atomic E-state index is 5.54. The molecule has 2 aromatic rings. The van der Waals surface area contributed by atoms with Gasteiger partial charge in [-0.3, -0.25) is 4.98 Å². The smallest absolute Gasteiger partial charge is 0.120 e. The van der Waals surface area contributed by atoms with Crippen LogP contribution in [-0.4, -0.2) is 18.1 Å². The van der Waals surface area contributed by atoms with Crippen molar-refractivity contribution in [3.8, 4) is 5.75 Å². The third-order valence-electron chi connectivity index (χ3n) is 3.24. The van der Waals surface area contributed by atoms with Crippen molar-refractivity contribution < 1.29 is 4.74 Å². The van der Waals surface area contributed by atoms with Gasteiger partial charge in [-0.2, -0.15) is 0 Å². The van der Waals surface area contributed by atoms with Crippen molar-refractivity contribution in [1.29, 1.82) is 0 Å². The maximum Gasteiger partial charge on any atom is 0.120 e. The molecule has 0 fully saturated rings. The average molecular weight is 258 g/mol. The van der Waals surface area contributed by atoms with Crippen LogP contribution in [0.3, 0.4) is 0 Å². The molecule has 3 heteroatoms. The fourth-order valence-electron chi connectivity index (χ4n) is 2.28. The van der Waals surface area contributed by atoms with Crippen molar-refractivity contribution in [3.05, 3.63) is 35.5 Å². The van der Waals surface area contributed by atoms with Crippen LogP contribution in [0.5, 0.6) is 5.75 Å². The number of fused-ring (bicyclic) bond motifs is 1. The lowest BCUT2D eigenvalue weighted by Gasteiger charge is -2.09. The van der Waals surface area contributed by atoms with E-state index in [1.165, 1.54) is 10.9 Å². The van der Waals surface area contributed by atoms with Crippen molar-refractivity contribution in [1.82, 2.24) is 4.98 Å². The van der Waals surface area contributed by atoms with E-state index in [9.17, 15) is 0 Å². The van der Waals surface area contributed by atoms with Crippen molar-refractivity contribution in [2.24, 2.45) is 5.73 Å². The van der Waals surface area contributed by atoms with Crippen LogP contribution in [0.2, 0.25) is 0 Å². The average Bonchev–Trinajstić information content (AvgIpc) is 2.40. The molecule has 102 valence electrons. The number of hydrogen-bond donors (Lipinski definition) is 1. The fourth-order valence-corrected chi connectivity index (χ4v) is 2.28.